The Balaban J connectivity index is 2.45. The monoisotopic (exact) mass is 305 g/mol. The summed E-state index contributed by atoms with van der Waals surface area (Å²) >= 11 is 0. The zero-order valence-corrected chi connectivity index (χ0v) is 15.0. The van der Waals surface area contributed by atoms with E-state index in [9.17, 15) is 4.79 Å². The molecule has 0 spiro atoms. The molecule has 0 saturated carbocycles. The Hall–Kier alpha value is -1.42. The molecule has 1 aromatic heterocycles. The standard InChI is InChI=1S/C18H31N3O/c1-14(2)9-11-20(5)12-10-16(4)21(6)18(22)17-8-7-15(3)13-19-17/h7-8,13-14,16H,9-12H2,1-6H3. The first kappa shape index (κ1) is 18.6. The molecule has 1 amide bonds. The fourth-order valence-electron chi connectivity index (χ4n) is 2.17. The fourth-order valence-corrected chi connectivity index (χ4v) is 2.17. The molecule has 0 bridgehead atoms. The van der Waals surface area contributed by atoms with Gasteiger partial charge < -0.3 is 9.80 Å². The average molecular weight is 305 g/mol. The van der Waals surface area contributed by atoms with Crippen LogP contribution in [0.3, 0.4) is 0 Å². The highest BCUT2D eigenvalue weighted by Gasteiger charge is 2.18. The number of rotatable bonds is 8. The summed E-state index contributed by atoms with van der Waals surface area (Å²) in [5, 5.41) is 0. The summed E-state index contributed by atoms with van der Waals surface area (Å²) < 4.78 is 0. The van der Waals surface area contributed by atoms with Crippen LogP contribution in [0.4, 0.5) is 0 Å². The van der Waals surface area contributed by atoms with Gasteiger partial charge in [0.15, 0.2) is 0 Å². The van der Waals surface area contributed by atoms with Crippen molar-refractivity contribution in [1.29, 1.82) is 0 Å². The van der Waals surface area contributed by atoms with Crippen molar-refractivity contribution in [3.05, 3.63) is 29.6 Å². The van der Waals surface area contributed by atoms with Gasteiger partial charge in [-0.3, -0.25) is 9.78 Å². The van der Waals surface area contributed by atoms with E-state index in [-0.39, 0.29) is 11.9 Å². The molecule has 0 saturated heterocycles. The Labute approximate surface area is 135 Å². The first-order chi connectivity index (χ1) is 10.3. The first-order valence-corrected chi connectivity index (χ1v) is 8.19. The summed E-state index contributed by atoms with van der Waals surface area (Å²) in [7, 11) is 4.01. The summed E-state index contributed by atoms with van der Waals surface area (Å²) in [5.74, 6) is 0.731. The zero-order valence-electron chi connectivity index (χ0n) is 15.0. The number of carbonyl (C=O) groups excluding carboxylic acids is 1. The van der Waals surface area contributed by atoms with E-state index < -0.39 is 0 Å². The zero-order chi connectivity index (χ0) is 16.7. The third-order valence-electron chi connectivity index (χ3n) is 4.13. The van der Waals surface area contributed by atoms with E-state index in [0.717, 1.165) is 31.0 Å². The molecule has 0 fully saturated rings. The molecule has 0 aliphatic rings. The van der Waals surface area contributed by atoms with E-state index >= 15 is 0 Å². The highest BCUT2D eigenvalue weighted by Crippen LogP contribution is 2.09. The van der Waals surface area contributed by atoms with Crippen LogP contribution >= 0.6 is 0 Å². The van der Waals surface area contributed by atoms with Crippen molar-refractivity contribution in [1.82, 2.24) is 14.8 Å². The number of aryl methyl sites for hydroxylation is 1. The quantitative estimate of drug-likeness (QED) is 0.740. The van der Waals surface area contributed by atoms with Gasteiger partial charge in [0.05, 0.1) is 0 Å². The third kappa shape index (κ3) is 6.14. The number of nitrogens with zero attached hydrogens (tertiary/aromatic N) is 3. The first-order valence-electron chi connectivity index (χ1n) is 8.19. The molecule has 0 aliphatic heterocycles. The van der Waals surface area contributed by atoms with Gasteiger partial charge in [0, 0.05) is 19.3 Å². The van der Waals surface area contributed by atoms with Crippen molar-refractivity contribution in [2.75, 3.05) is 27.2 Å². The van der Waals surface area contributed by atoms with Crippen LogP contribution in [0.15, 0.2) is 18.3 Å². The molecule has 22 heavy (non-hydrogen) atoms. The van der Waals surface area contributed by atoms with Gasteiger partial charge in [-0.05, 0) is 64.4 Å². The van der Waals surface area contributed by atoms with Crippen LogP contribution in [0.1, 0.15) is 49.7 Å². The van der Waals surface area contributed by atoms with Crippen LogP contribution in [-0.2, 0) is 0 Å². The minimum absolute atomic E-state index is 0.00247. The van der Waals surface area contributed by atoms with E-state index in [4.69, 9.17) is 0 Å². The summed E-state index contributed by atoms with van der Waals surface area (Å²) in [6.07, 6.45) is 3.93. The number of aromatic nitrogens is 1. The van der Waals surface area contributed by atoms with Crippen molar-refractivity contribution >= 4 is 5.91 Å². The van der Waals surface area contributed by atoms with E-state index in [1.54, 1.807) is 17.2 Å². The number of hydrogen-bond acceptors (Lipinski definition) is 3. The van der Waals surface area contributed by atoms with Gasteiger partial charge in [-0.1, -0.05) is 19.9 Å². The van der Waals surface area contributed by atoms with Crippen molar-refractivity contribution in [2.45, 2.75) is 46.6 Å². The molecular weight excluding hydrogens is 274 g/mol. The predicted molar refractivity (Wildman–Crippen MR) is 92.1 cm³/mol. The number of pyridine rings is 1. The van der Waals surface area contributed by atoms with Gasteiger partial charge >= 0.3 is 0 Å². The minimum Gasteiger partial charge on any atom is -0.338 e. The second kappa shape index (κ2) is 8.89. The highest BCUT2D eigenvalue weighted by atomic mass is 16.2. The SMILES string of the molecule is Cc1ccc(C(=O)N(C)C(C)CCN(C)CCC(C)C)nc1. The Morgan fingerprint density at radius 2 is 1.77 bits per heavy atom. The van der Waals surface area contributed by atoms with Crippen LogP contribution in [0.2, 0.25) is 0 Å². The molecule has 124 valence electrons. The minimum atomic E-state index is -0.00247. The third-order valence-corrected chi connectivity index (χ3v) is 4.13. The lowest BCUT2D eigenvalue weighted by atomic mass is 10.1. The smallest absolute Gasteiger partial charge is 0.272 e. The molecule has 4 heteroatoms. The average Bonchev–Trinajstić information content (AvgIpc) is 2.49. The molecule has 1 rings (SSSR count). The lowest BCUT2D eigenvalue weighted by molar-refractivity contribution is 0.0723. The van der Waals surface area contributed by atoms with Crippen molar-refractivity contribution in [3.63, 3.8) is 0 Å². The van der Waals surface area contributed by atoms with Crippen molar-refractivity contribution < 1.29 is 4.79 Å². The van der Waals surface area contributed by atoms with Crippen LogP contribution in [0.25, 0.3) is 0 Å². The summed E-state index contributed by atoms with van der Waals surface area (Å²) in [4.78, 5) is 20.8. The summed E-state index contributed by atoms with van der Waals surface area (Å²) in [6.45, 7) is 10.7. The van der Waals surface area contributed by atoms with Crippen molar-refractivity contribution in [2.24, 2.45) is 5.92 Å². The molecule has 4 nitrogen and oxygen atoms in total. The fraction of sp³-hybridized carbons (Fsp3) is 0.667. The Kier molecular flexibility index (Phi) is 7.52. The normalized spacial score (nSPS) is 12.7. The second-order valence-corrected chi connectivity index (χ2v) is 6.76. The van der Waals surface area contributed by atoms with Crippen LogP contribution in [0.5, 0.6) is 0 Å². The Morgan fingerprint density at radius 3 is 2.32 bits per heavy atom. The molecule has 1 aromatic rings. The van der Waals surface area contributed by atoms with Gasteiger partial charge in [0.25, 0.3) is 5.91 Å². The van der Waals surface area contributed by atoms with Gasteiger partial charge in [0.1, 0.15) is 5.69 Å². The van der Waals surface area contributed by atoms with Crippen LogP contribution < -0.4 is 0 Å². The summed E-state index contributed by atoms with van der Waals surface area (Å²) in [5.41, 5.74) is 1.59. The molecule has 1 unspecified atom stereocenters. The van der Waals surface area contributed by atoms with Gasteiger partial charge in [0.2, 0.25) is 0 Å². The highest BCUT2D eigenvalue weighted by molar-refractivity contribution is 5.92. The molecule has 1 atom stereocenters. The molecule has 1 heterocycles. The lowest BCUT2D eigenvalue weighted by Gasteiger charge is -2.27. The lowest BCUT2D eigenvalue weighted by Crippen LogP contribution is -2.37. The summed E-state index contributed by atoms with van der Waals surface area (Å²) in [6, 6.07) is 3.94. The number of hydrogen-bond donors (Lipinski definition) is 0. The van der Waals surface area contributed by atoms with Crippen LogP contribution in [0, 0.1) is 12.8 Å². The van der Waals surface area contributed by atoms with Crippen LogP contribution in [-0.4, -0.2) is 53.9 Å². The van der Waals surface area contributed by atoms with E-state index in [0.29, 0.717) is 5.69 Å². The number of amides is 1. The van der Waals surface area contributed by atoms with E-state index in [1.807, 2.05) is 20.0 Å². The molecule has 0 N–H and O–H groups in total. The maximum atomic E-state index is 12.4. The predicted octanol–water partition coefficient (Wildman–Crippen LogP) is 3.22. The van der Waals surface area contributed by atoms with Crippen molar-refractivity contribution in [3.8, 4) is 0 Å². The van der Waals surface area contributed by atoms with Gasteiger partial charge in [-0.25, -0.2) is 0 Å². The van der Waals surface area contributed by atoms with E-state index in [1.165, 1.54) is 6.42 Å². The number of carbonyl (C=O) groups is 1. The Morgan fingerprint density at radius 1 is 1.14 bits per heavy atom. The maximum Gasteiger partial charge on any atom is 0.272 e. The van der Waals surface area contributed by atoms with E-state index in [2.05, 4.69) is 37.7 Å². The topological polar surface area (TPSA) is 36.4 Å². The molecule has 0 radical (unpaired) electrons. The van der Waals surface area contributed by atoms with Gasteiger partial charge in [-0.15, -0.1) is 0 Å². The van der Waals surface area contributed by atoms with Gasteiger partial charge in [-0.2, -0.15) is 0 Å². The second-order valence-electron chi connectivity index (χ2n) is 6.76. The Bertz CT molecular complexity index is 456. The molecular formula is C18H31N3O. The molecule has 0 aromatic carbocycles. The largest absolute Gasteiger partial charge is 0.338 e. The maximum absolute atomic E-state index is 12.4. The molecule has 0 aliphatic carbocycles.